The van der Waals surface area contributed by atoms with Gasteiger partial charge in [0.15, 0.2) is 0 Å². The van der Waals surface area contributed by atoms with Crippen LogP contribution < -0.4 is 5.73 Å². The molecule has 0 aliphatic rings. The summed E-state index contributed by atoms with van der Waals surface area (Å²) >= 11 is 23.3. The van der Waals surface area contributed by atoms with Crippen molar-refractivity contribution in [1.29, 1.82) is 0 Å². The van der Waals surface area contributed by atoms with Crippen molar-refractivity contribution in [2.75, 3.05) is 12.3 Å². The van der Waals surface area contributed by atoms with Crippen LogP contribution in [0.25, 0.3) is 23.1 Å². The highest BCUT2D eigenvalue weighted by atomic mass is 35.5. The summed E-state index contributed by atoms with van der Waals surface area (Å²) < 4.78 is 7.12. The normalized spacial score (nSPS) is 10.5. The second kappa shape index (κ2) is 15.8. The lowest BCUT2D eigenvalue weighted by atomic mass is 10.3. The molecule has 0 unspecified atom stereocenters. The minimum absolute atomic E-state index is 0.162. The third-order valence-corrected chi connectivity index (χ3v) is 5.67. The Bertz CT molecular complexity index is 1500. The van der Waals surface area contributed by atoms with Gasteiger partial charge in [0.2, 0.25) is 10.6 Å². The molecule has 0 saturated heterocycles. The van der Waals surface area contributed by atoms with Crippen LogP contribution in [0.4, 0.5) is 5.82 Å². The van der Waals surface area contributed by atoms with E-state index in [1.165, 1.54) is 12.4 Å². The van der Waals surface area contributed by atoms with Crippen molar-refractivity contribution < 1.29 is 4.74 Å². The molecule has 0 radical (unpaired) electrons. The first kappa shape index (κ1) is 30.0. The van der Waals surface area contributed by atoms with Crippen molar-refractivity contribution in [3.8, 4) is 11.4 Å². The van der Waals surface area contributed by atoms with Gasteiger partial charge in [0.1, 0.15) is 17.2 Å². The van der Waals surface area contributed by atoms with Crippen molar-refractivity contribution in [2.24, 2.45) is 0 Å². The Kier molecular flexibility index (Phi) is 12.2. The summed E-state index contributed by atoms with van der Waals surface area (Å²) in [6, 6.07) is 11.2. The number of nitrogen functional groups attached to an aromatic ring is 1. The molecular formula is C26H24Cl4N8O. The van der Waals surface area contributed by atoms with E-state index in [1.807, 2.05) is 40.9 Å². The van der Waals surface area contributed by atoms with Gasteiger partial charge in [-0.15, -0.1) is 0 Å². The third-order valence-electron chi connectivity index (χ3n) is 4.74. The molecule has 0 saturated carbocycles. The molecule has 5 aromatic heterocycles. The Labute approximate surface area is 245 Å². The fourth-order valence-electron chi connectivity index (χ4n) is 2.89. The van der Waals surface area contributed by atoms with Crippen LogP contribution in [0.5, 0.6) is 0 Å². The monoisotopic (exact) mass is 604 g/mol. The molecular weight excluding hydrogens is 582 g/mol. The molecule has 0 atom stereocenters. The Morgan fingerprint density at radius 3 is 2.31 bits per heavy atom. The van der Waals surface area contributed by atoms with E-state index in [0.717, 1.165) is 24.2 Å². The molecule has 13 heteroatoms. The number of rotatable bonds is 6. The lowest BCUT2D eigenvalue weighted by Crippen LogP contribution is -1.92. The maximum atomic E-state index is 6.06. The maximum Gasteiger partial charge on any atom is 0.223 e. The molecule has 0 amide bonds. The van der Waals surface area contributed by atoms with Crippen molar-refractivity contribution in [1.82, 2.24) is 34.3 Å². The predicted octanol–water partition coefficient (Wildman–Crippen LogP) is 7.33. The number of unbranched alkanes of at least 4 members (excludes halogenated alkanes) is 1. The first-order chi connectivity index (χ1) is 18.9. The van der Waals surface area contributed by atoms with Crippen molar-refractivity contribution >= 4 is 63.9 Å². The van der Waals surface area contributed by atoms with Crippen LogP contribution in [-0.4, -0.2) is 40.9 Å². The van der Waals surface area contributed by atoms with E-state index in [2.05, 4.69) is 36.8 Å². The van der Waals surface area contributed by atoms with Gasteiger partial charge in [-0.3, -0.25) is 4.40 Å². The van der Waals surface area contributed by atoms with Crippen molar-refractivity contribution in [3.05, 3.63) is 100.0 Å². The topological polar surface area (TPSA) is 117 Å². The first-order valence-corrected chi connectivity index (χ1v) is 13.1. The fourth-order valence-corrected chi connectivity index (χ4v) is 3.51. The molecule has 0 aliphatic heterocycles. The average molecular weight is 606 g/mol. The maximum absolute atomic E-state index is 6.06. The molecule has 0 spiro atoms. The number of nitrogens with zero attached hydrogens (tertiary/aromatic N) is 7. The molecule has 0 bridgehead atoms. The number of imidazole rings is 1. The van der Waals surface area contributed by atoms with Gasteiger partial charge in [0, 0.05) is 12.4 Å². The summed E-state index contributed by atoms with van der Waals surface area (Å²) in [4.78, 5) is 23.7. The molecule has 39 heavy (non-hydrogen) atoms. The van der Waals surface area contributed by atoms with E-state index >= 15 is 0 Å². The zero-order valence-electron chi connectivity index (χ0n) is 20.8. The zero-order valence-corrected chi connectivity index (χ0v) is 23.8. The van der Waals surface area contributed by atoms with E-state index in [1.54, 1.807) is 30.8 Å². The molecule has 5 heterocycles. The Hall–Kier alpha value is -3.50. The number of nitrogens with two attached hydrogens (primary N) is 1. The highest BCUT2D eigenvalue weighted by Gasteiger charge is 2.11. The second-order valence-corrected chi connectivity index (χ2v) is 9.05. The molecule has 2 N–H and O–H groups in total. The summed E-state index contributed by atoms with van der Waals surface area (Å²) in [5, 5.41) is 1.23. The standard InChI is InChI=1S/C11H6Cl2N4.C10H12Cl2N2O.C5H6N2/c12-7-5-15-11(13)16-10(7)8-6-14-9-3-1-2-4-17(8)9;1-2-3-5-15-6-4-9-8(11)7-13-10(12)14-9;6-5-3-1-2-4-7-5/h1-6H;4,6-7H,2-3,5H2,1H3;1-4H,(H2,6,7)/b;6-4-;. The molecule has 202 valence electrons. The Morgan fingerprint density at radius 1 is 0.872 bits per heavy atom. The lowest BCUT2D eigenvalue weighted by Gasteiger charge is -2.02. The molecule has 9 nitrogen and oxygen atoms in total. The van der Waals surface area contributed by atoms with E-state index in [9.17, 15) is 0 Å². The van der Waals surface area contributed by atoms with Gasteiger partial charge in [-0.2, -0.15) is 0 Å². The second-order valence-electron chi connectivity index (χ2n) is 7.56. The number of ether oxygens (including phenoxy) is 1. The zero-order chi connectivity index (χ0) is 28.0. The van der Waals surface area contributed by atoms with E-state index in [-0.39, 0.29) is 10.6 Å². The van der Waals surface area contributed by atoms with E-state index in [0.29, 0.717) is 33.9 Å². The Morgan fingerprint density at radius 2 is 1.62 bits per heavy atom. The minimum Gasteiger partial charge on any atom is -0.501 e. The number of aromatic nitrogens is 7. The molecule has 0 aromatic carbocycles. The predicted molar refractivity (Wildman–Crippen MR) is 157 cm³/mol. The highest BCUT2D eigenvalue weighted by molar-refractivity contribution is 6.33. The average Bonchev–Trinajstić information content (AvgIpc) is 3.37. The van der Waals surface area contributed by atoms with Gasteiger partial charge in [0.05, 0.1) is 52.9 Å². The summed E-state index contributed by atoms with van der Waals surface area (Å²) in [6.45, 7) is 2.80. The summed E-state index contributed by atoms with van der Waals surface area (Å²) in [6.07, 6.45) is 13.6. The van der Waals surface area contributed by atoms with E-state index in [4.69, 9.17) is 56.9 Å². The van der Waals surface area contributed by atoms with E-state index < -0.39 is 0 Å². The number of halogens is 4. The van der Waals surface area contributed by atoms with Crippen LogP contribution in [0.2, 0.25) is 20.6 Å². The SMILES string of the molecule is CCCCO/C=C\c1nc(Cl)ncc1Cl.Clc1ncc(Cl)c(-c2cnc3ccccn23)n1.Nc1ccccn1. The number of anilines is 1. The fraction of sp³-hybridized carbons (Fsp3) is 0.154. The lowest BCUT2D eigenvalue weighted by molar-refractivity contribution is 0.246. The molecule has 5 rings (SSSR count). The summed E-state index contributed by atoms with van der Waals surface area (Å²) in [5.41, 5.74) is 8.00. The number of pyridine rings is 2. The Balaban J connectivity index is 0.000000175. The number of hydrogen-bond acceptors (Lipinski definition) is 8. The molecule has 0 aliphatic carbocycles. The highest BCUT2D eigenvalue weighted by Crippen LogP contribution is 2.26. The van der Waals surface area contributed by atoms with Crippen LogP contribution in [0.1, 0.15) is 25.5 Å². The van der Waals surface area contributed by atoms with Gasteiger partial charge >= 0.3 is 0 Å². The van der Waals surface area contributed by atoms with Gasteiger partial charge in [-0.05, 0) is 60.0 Å². The third kappa shape index (κ3) is 9.63. The first-order valence-electron chi connectivity index (χ1n) is 11.6. The van der Waals surface area contributed by atoms with Crippen LogP contribution in [0, 0.1) is 0 Å². The van der Waals surface area contributed by atoms with Gasteiger partial charge in [-0.25, -0.2) is 29.9 Å². The van der Waals surface area contributed by atoms with Crippen LogP contribution in [-0.2, 0) is 4.74 Å². The van der Waals surface area contributed by atoms with Gasteiger partial charge in [-0.1, -0.05) is 48.7 Å². The largest absolute Gasteiger partial charge is 0.501 e. The van der Waals surface area contributed by atoms with Crippen LogP contribution in [0.3, 0.4) is 0 Å². The number of hydrogen-bond donors (Lipinski definition) is 1. The van der Waals surface area contributed by atoms with Gasteiger partial charge < -0.3 is 10.5 Å². The quantitative estimate of drug-likeness (QED) is 0.121. The van der Waals surface area contributed by atoms with Crippen LogP contribution in [0.15, 0.2) is 73.6 Å². The van der Waals surface area contributed by atoms with Crippen LogP contribution >= 0.6 is 46.4 Å². The summed E-state index contributed by atoms with van der Waals surface area (Å²) in [5.74, 6) is 0.572. The molecule has 0 fully saturated rings. The van der Waals surface area contributed by atoms with Crippen molar-refractivity contribution in [2.45, 2.75) is 19.8 Å². The van der Waals surface area contributed by atoms with Crippen molar-refractivity contribution in [3.63, 3.8) is 0 Å². The smallest absolute Gasteiger partial charge is 0.223 e. The minimum atomic E-state index is 0.162. The summed E-state index contributed by atoms with van der Waals surface area (Å²) in [7, 11) is 0. The number of fused-ring (bicyclic) bond motifs is 1. The van der Waals surface area contributed by atoms with Gasteiger partial charge in [0.25, 0.3) is 0 Å². The molecule has 5 aromatic rings.